The molecule has 1 atom stereocenters. The Hall–Kier alpha value is -1.88. The van der Waals surface area contributed by atoms with E-state index in [1.54, 1.807) is 4.90 Å². The Balaban J connectivity index is 1.71. The molecule has 0 aromatic heterocycles. The second-order valence-corrected chi connectivity index (χ2v) is 7.26. The normalized spacial score (nSPS) is 23.2. The van der Waals surface area contributed by atoms with Crippen LogP contribution in [0.15, 0.2) is 30.3 Å². The molecule has 5 nitrogen and oxygen atoms in total. The lowest BCUT2D eigenvalue weighted by atomic mass is 10.0. The number of carbonyl (C=O) groups excluding carboxylic acids is 2. The van der Waals surface area contributed by atoms with Crippen molar-refractivity contribution in [1.29, 1.82) is 0 Å². The minimum absolute atomic E-state index is 0.0670. The van der Waals surface area contributed by atoms with E-state index in [0.717, 1.165) is 45.3 Å². The molecular formula is C20H29N3O2. The molecule has 25 heavy (non-hydrogen) atoms. The van der Waals surface area contributed by atoms with E-state index in [1.165, 1.54) is 5.56 Å². The number of hydrogen-bond acceptors (Lipinski definition) is 3. The molecule has 0 aliphatic carbocycles. The van der Waals surface area contributed by atoms with Gasteiger partial charge in [0, 0.05) is 32.6 Å². The van der Waals surface area contributed by atoms with Crippen LogP contribution in [0, 0.1) is 0 Å². The monoisotopic (exact) mass is 343 g/mol. The minimum atomic E-state index is 0.0670. The molecule has 0 radical (unpaired) electrons. The van der Waals surface area contributed by atoms with Gasteiger partial charge in [0.2, 0.25) is 11.8 Å². The molecule has 0 N–H and O–H groups in total. The number of likely N-dealkylation sites (tertiary alicyclic amines) is 1. The molecule has 0 bridgehead atoms. The van der Waals surface area contributed by atoms with Gasteiger partial charge in [-0.1, -0.05) is 43.2 Å². The average molecular weight is 343 g/mol. The van der Waals surface area contributed by atoms with Gasteiger partial charge in [0.25, 0.3) is 0 Å². The molecule has 136 valence electrons. The summed E-state index contributed by atoms with van der Waals surface area (Å²) in [4.78, 5) is 31.4. The van der Waals surface area contributed by atoms with E-state index in [9.17, 15) is 9.59 Å². The van der Waals surface area contributed by atoms with Crippen molar-refractivity contribution in [2.45, 2.75) is 38.1 Å². The maximum Gasteiger partial charge on any atom is 0.242 e. The van der Waals surface area contributed by atoms with E-state index in [2.05, 4.69) is 24.1 Å². The van der Waals surface area contributed by atoms with Gasteiger partial charge in [-0.2, -0.15) is 0 Å². The SMILES string of the molecule is CN1CCN(C(=O)CN2CCCCCCC2=O)[C@@H](c2ccccc2)C1. The maximum absolute atomic E-state index is 13.0. The third-order valence-corrected chi connectivity index (χ3v) is 5.34. The van der Waals surface area contributed by atoms with Crippen LogP contribution in [-0.2, 0) is 9.59 Å². The second-order valence-electron chi connectivity index (χ2n) is 7.26. The number of hydrogen-bond donors (Lipinski definition) is 0. The number of likely N-dealkylation sites (N-methyl/N-ethyl adjacent to an activating group) is 1. The Bertz CT molecular complexity index is 590. The number of nitrogens with zero attached hydrogens (tertiary/aromatic N) is 3. The molecule has 2 aliphatic rings. The molecular weight excluding hydrogens is 314 g/mol. The summed E-state index contributed by atoms with van der Waals surface area (Å²) >= 11 is 0. The first-order valence-corrected chi connectivity index (χ1v) is 9.46. The van der Waals surface area contributed by atoms with Crippen molar-refractivity contribution in [1.82, 2.24) is 14.7 Å². The molecule has 3 rings (SSSR count). The molecule has 1 aromatic rings. The zero-order valence-electron chi connectivity index (χ0n) is 15.2. The first-order chi connectivity index (χ1) is 12.1. The standard InChI is InChI=1S/C20H29N3O2/c1-21-13-14-23(18(15-21)17-9-5-4-6-10-17)20(25)16-22-12-8-3-2-7-11-19(22)24/h4-6,9-10,18H,2-3,7-8,11-16H2,1H3/t18-/m1/s1. The summed E-state index contributed by atoms with van der Waals surface area (Å²) in [5.41, 5.74) is 1.17. The van der Waals surface area contributed by atoms with E-state index in [1.807, 2.05) is 23.1 Å². The Morgan fingerprint density at radius 1 is 1.04 bits per heavy atom. The van der Waals surface area contributed by atoms with Crippen LogP contribution in [0.3, 0.4) is 0 Å². The molecule has 0 spiro atoms. The van der Waals surface area contributed by atoms with Gasteiger partial charge in [0.05, 0.1) is 12.6 Å². The zero-order valence-corrected chi connectivity index (χ0v) is 15.2. The number of benzene rings is 1. The topological polar surface area (TPSA) is 43.9 Å². The van der Waals surface area contributed by atoms with E-state index in [0.29, 0.717) is 13.0 Å². The highest BCUT2D eigenvalue weighted by atomic mass is 16.2. The Kier molecular flexibility index (Phi) is 6.08. The van der Waals surface area contributed by atoms with Crippen LogP contribution >= 0.6 is 0 Å². The molecule has 0 saturated carbocycles. The highest BCUT2D eigenvalue weighted by Crippen LogP contribution is 2.25. The lowest BCUT2D eigenvalue weighted by Gasteiger charge is -2.41. The maximum atomic E-state index is 13.0. The largest absolute Gasteiger partial charge is 0.333 e. The summed E-state index contributed by atoms with van der Waals surface area (Å²) < 4.78 is 0. The highest BCUT2D eigenvalue weighted by Gasteiger charge is 2.31. The van der Waals surface area contributed by atoms with Crippen molar-refractivity contribution in [3.05, 3.63) is 35.9 Å². The van der Waals surface area contributed by atoms with E-state index in [-0.39, 0.29) is 24.4 Å². The average Bonchev–Trinajstić information content (AvgIpc) is 2.62. The smallest absolute Gasteiger partial charge is 0.242 e. The molecule has 5 heteroatoms. The number of carbonyl (C=O) groups is 2. The molecule has 2 heterocycles. The van der Waals surface area contributed by atoms with Crippen LogP contribution in [0.5, 0.6) is 0 Å². The van der Waals surface area contributed by atoms with Crippen molar-refractivity contribution in [2.24, 2.45) is 0 Å². The van der Waals surface area contributed by atoms with Crippen LogP contribution < -0.4 is 0 Å². The van der Waals surface area contributed by atoms with Crippen LogP contribution in [0.25, 0.3) is 0 Å². The van der Waals surface area contributed by atoms with E-state index < -0.39 is 0 Å². The van der Waals surface area contributed by atoms with Crippen molar-refractivity contribution < 1.29 is 9.59 Å². The van der Waals surface area contributed by atoms with Gasteiger partial charge in [-0.3, -0.25) is 9.59 Å². The molecule has 2 aliphatic heterocycles. The Morgan fingerprint density at radius 2 is 1.80 bits per heavy atom. The number of piperazine rings is 1. The van der Waals surface area contributed by atoms with Gasteiger partial charge in [-0.25, -0.2) is 0 Å². The van der Waals surface area contributed by atoms with Crippen LogP contribution in [0.2, 0.25) is 0 Å². The van der Waals surface area contributed by atoms with Crippen molar-refractivity contribution in [2.75, 3.05) is 39.8 Å². The van der Waals surface area contributed by atoms with Crippen molar-refractivity contribution in [3.8, 4) is 0 Å². The van der Waals surface area contributed by atoms with Crippen molar-refractivity contribution >= 4 is 11.8 Å². The van der Waals surface area contributed by atoms with Crippen molar-refractivity contribution in [3.63, 3.8) is 0 Å². The molecule has 0 unspecified atom stereocenters. The molecule has 2 saturated heterocycles. The summed E-state index contributed by atoms with van der Waals surface area (Å²) in [5, 5.41) is 0. The third-order valence-electron chi connectivity index (χ3n) is 5.34. The predicted octanol–water partition coefficient (Wildman–Crippen LogP) is 2.29. The van der Waals surface area contributed by atoms with Gasteiger partial charge in [0.1, 0.15) is 0 Å². The van der Waals surface area contributed by atoms with Gasteiger partial charge < -0.3 is 14.7 Å². The molecule has 2 amide bonds. The Labute approximate surface area is 150 Å². The molecule has 1 aromatic carbocycles. The summed E-state index contributed by atoms with van der Waals surface area (Å²) in [5.74, 6) is 0.217. The minimum Gasteiger partial charge on any atom is -0.333 e. The molecule has 2 fully saturated rings. The summed E-state index contributed by atoms with van der Waals surface area (Å²) in [6.07, 6.45) is 4.81. The summed E-state index contributed by atoms with van der Waals surface area (Å²) in [6, 6.07) is 10.3. The first kappa shape index (κ1) is 17.9. The fourth-order valence-corrected chi connectivity index (χ4v) is 3.81. The fourth-order valence-electron chi connectivity index (χ4n) is 3.81. The first-order valence-electron chi connectivity index (χ1n) is 9.46. The number of rotatable bonds is 3. The second kappa shape index (κ2) is 8.48. The lowest BCUT2D eigenvalue weighted by molar-refractivity contribution is -0.144. The highest BCUT2D eigenvalue weighted by molar-refractivity contribution is 5.85. The van der Waals surface area contributed by atoms with Gasteiger partial charge in [-0.15, -0.1) is 0 Å². The van der Waals surface area contributed by atoms with Gasteiger partial charge in [-0.05, 0) is 25.5 Å². The van der Waals surface area contributed by atoms with Gasteiger partial charge in [0.15, 0.2) is 0 Å². The number of amides is 2. The summed E-state index contributed by atoms with van der Waals surface area (Å²) in [6.45, 7) is 3.38. The van der Waals surface area contributed by atoms with Crippen LogP contribution in [0.1, 0.15) is 43.7 Å². The fraction of sp³-hybridized carbons (Fsp3) is 0.600. The predicted molar refractivity (Wildman–Crippen MR) is 98.1 cm³/mol. The van der Waals surface area contributed by atoms with Gasteiger partial charge >= 0.3 is 0 Å². The van der Waals surface area contributed by atoms with Crippen LogP contribution in [-0.4, -0.2) is 66.3 Å². The Morgan fingerprint density at radius 3 is 2.60 bits per heavy atom. The third kappa shape index (κ3) is 4.60. The van der Waals surface area contributed by atoms with E-state index >= 15 is 0 Å². The van der Waals surface area contributed by atoms with Crippen LogP contribution in [0.4, 0.5) is 0 Å². The quantitative estimate of drug-likeness (QED) is 0.846. The summed E-state index contributed by atoms with van der Waals surface area (Å²) in [7, 11) is 2.10. The van der Waals surface area contributed by atoms with E-state index in [4.69, 9.17) is 0 Å². The lowest BCUT2D eigenvalue weighted by Crippen LogP contribution is -2.52. The zero-order chi connectivity index (χ0) is 17.6.